The normalized spacial score (nSPS) is 27.9. The third-order valence-electron chi connectivity index (χ3n) is 4.02. The Morgan fingerprint density at radius 3 is 2.90 bits per heavy atom. The van der Waals surface area contributed by atoms with E-state index in [-0.39, 0.29) is 17.2 Å². The molecule has 0 spiro atoms. The molecular weight excluding hydrogens is 290 g/mol. The minimum atomic E-state index is -0.930. The van der Waals surface area contributed by atoms with Crippen LogP contribution in [0, 0.1) is 0 Å². The van der Waals surface area contributed by atoms with Gasteiger partial charge in [0.2, 0.25) is 5.91 Å². The smallest absolute Gasteiger partial charge is 0.327 e. The van der Waals surface area contributed by atoms with E-state index >= 15 is 0 Å². The van der Waals surface area contributed by atoms with Crippen LogP contribution in [0.4, 0.5) is 0 Å². The summed E-state index contributed by atoms with van der Waals surface area (Å²) in [6.45, 7) is 2.37. The molecule has 5 nitrogen and oxygen atoms in total. The van der Waals surface area contributed by atoms with Crippen molar-refractivity contribution in [1.29, 1.82) is 0 Å². The fraction of sp³-hybridized carbons (Fsp3) is 0.467. The molecule has 2 heterocycles. The van der Waals surface area contributed by atoms with E-state index < -0.39 is 12.0 Å². The van der Waals surface area contributed by atoms with Gasteiger partial charge < -0.3 is 14.7 Å². The van der Waals surface area contributed by atoms with Crippen molar-refractivity contribution in [3.63, 3.8) is 0 Å². The lowest BCUT2D eigenvalue weighted by atomic mass is 9.91. The molecule has 0 bridgehead atoms. The maximum Gasteiger partial charge on any atom is 0.327 e. The summed E-state index contributed by atoms with van der Waals surface area (Å²) in [6, 6.07) is 6.77. The van der Waals surface area contributed by atoms with Gasteiger partial charge in [-0.3, -0.25) is 4.79 Å². The lowest BCUT2D eigenvalue weighted by Gasteiger charge is -2.32. The number of nitrogens with zero attached hydrogens (tertiary/aromatic N) is 1. The van der Waals surface area contributed by atoms with Crippen molar-refractivity contribution in [3.05, 3.63) is 29.8 Å². The number of para-hydroxylation sites is 1. The van der Waals surface area contributed by atoms with Crippen LogP contribution in [0.5, 0.6) is 5.75 Å². The van der Waals surface area contributed by atoms with Crippen LogP contribution in [-0.4, -0.2) is 45.7 Å². The summed E-state index contributed by atoms with van der Waals surface area (Å²) in [5, 5.41) is 9.21. The van der Waals surface area contributed by atoms with Gasteiger partial charge in [0.15, 0.2) is 0 Å². The highest BCUT2D eigenvalue weighted by Crippen LogP contribution is 2.38. The summed E-state index contributed by atoms with van der Waals surface area (Å²) in [7, 11) is 0. The van der Waals surface area contributed by atoms with Gasteiger partial charge in [-0.1, -0.05) is 18.2 Å². The van der Waals surface area contributed by atoms with Crippen LogP contribution < -0.4 is 4.74 Å². The highest BCUT2D eigenvalue weighted by Gasteiger charge is 2.43. The number of aliphatic carboxylic acids is 1. The molecule has 1 aromatic rings. The summed E-state index contributed by atoms with van der Waals surface area (Å²) >= 11 is 1.51. The molecular formula is C15H17NO4S. The Balaban J connectivity index is 1.90. The Bertz CT molecular complexity index is 577. The number of benzene rings is 1. The standard InChI is InChI=1S/C15H17NO4S/c1-9-16(12(8-21-9)15(18)19)14(17)11-6-7-20-13-5-3-2-4-10(11)13/h2-5,9,11-12H,6-8H2,1H3,(H,18,19). The van der Waals surface area contributed by atoms with Crippen molar-refractivity contribution in [2.75, 3.05) is 12.4 Å². The second-order valence-electron chi connectivity index (χ2n) is 5.26. The van der Waals surface area contributed by atoms with Crippen LogP contribution >= 0.6 is 11.8 Å². The van der Waals surface area contributed by atoms with Gasteiger partial charge >= 0.3 is 5.97 Å². The number of carboxylic acids is 1. The minimum absolute atomic E-state index is 0.101. The quantitative estimate of drug-likeness (QED) is 0.904. The first-order valence-electron chi connectivity index (χ1n) is 6.98. The van der Waals surface area contributed by atoms with E-state index in [2.05, 4.69) is 0 Å². The molecule has 0 saturated carbocycles. The molecule has 0 radical (unpaired) electrons. The molecule has 21 heavy (non-hydrogen) atoms. The number of fused-ring (bicyclic) bond motifs is 1. The van der Waals surface area contributed by atoms with Crippen molar-refractivity contribution < 1.29 is 19.4 Å². The molecule has 2 aliphatic heterocycles. The Kier molecular flexibility index (Phi) is 3.80. The topological polar surface area (TPSA) is 66.8 Å². The zero-order valence-electron chi connectivity index (χ0n) is 11.7. The monoisotopic (exact) mass is 307 g/mol. The molecule has 3 rings (SSSR count). The number of rotatable bonds is 2. The predicted octanol–water partition coefficient (Wildman–Crippen LogP) is 1.93. The molecule has 0 aliphatic carbocycles. The molecule has 3 unspecified atom stereocenters. The van der Waals surface area contributed by atoms with E-state index in [0.29, 0.717) is 18.8 Å². The Labute approximate surface area is 127 Å². The first-order valence-corrected chi connectivity index (χ1v) is 8.03. The number of ether oxygens (including phenoxy) is 1. The average Bonchev–Trinajstić information content (AvgIpc) is 2.88. The van der Waals surface area contributed by atoms with E-state index in [1.54, 1.807) is 0 Å². The van der Waals surface area contributed by atoms with Gasteiger partial charge in [-0.2, -0.15) is 0 Å². The number of amides is 1. The molecule has 3 atom stereocenters. The number of carbonyl (C=O) groups is 2. The summed E-state index contributed by atoms with van der Waals surface area (Å²) in [5.41, 5.74) is 0.863. The fourth-order valence-electron chi connectivity index (χ4n) is 2.95. The number of carbonyl (C=O) groups excluding carboxylic acids is 1. The fourth-order valence-corrected chi connectivity index (χ4v) is 4.12. The highest BCUT2D eigenvalue weighted by molar-refractivity contribution is 8.00. The summed E-state index contributed by atoms with van der Waals surface area (Å²) in [6.07, 6.45) is 0.593. The van der Waals surface area contributed by atoms with Gasteiger partial charge in [-0.15, -0.1) is 11.8 Å². The van der Waals surface area contributed by atoms with E-state index in [1.165, 1.54) is 16.7 Å². The first kappa shape index (κ1) is 14.3. The molecule has 1 amide bonds. The van der Waals surface area contributed by atoms with Crippen molar-refractivity contribution >= 4 is 23.6 Å². The molecule has 1 fully saturated rings. The first-order chi connectivity index (χ1) is 10.1. The molecule has 1 aromatic carbocycles. The molecule has 2 aliphatic rings. The van der Waals surface area contributed by atoms with E-state index in [9.17, 15) is 14.7 Å². The van der Waals surface area contributed by atoms with Gasteiger partial charge in [0.25, 0.3) is 0 Å². The third-order valence-corrected chi connectivity index (χ3v) is 5.24. The SMILES string of the molecule is CC1SCC(C(=O)O)N1C(=O)C1CCOc2ccccc21. The molecule has 0 aromatic heterocycles. The molecule has 1 N–H and O–H groups in total. The highest BCUT2D eigenvalue weighted by atomic mass is 32.2. The second-order valence-corrected chi connectivity index (χ2v) is 6.61. The van der Waals surface area contributed by atoms with Crippen molar-refractivity contribution in [2.24, 2.45) is 0 Å². The van der Waals surface area contributed by atoms with E-state index in [1.807, 2.05) is 31.2 Å². The maximum atomic E-state index is 12.9. The third kappa shape index (κ3) is 2.48. The van der Waals surface area contributed by atoms with Crippen molar-refractivity contribution in [1.82, 2.24) is 4.90 Å². The molecule has 1 saturated heterocycles. The zero-order chi connectivity index (χ0) is 15.0. The van der Waals surface area contributed by atoms with Crippen LogP contribution in [0.15, 0.2) is 24.3 Å². The van der Waals surface area contributed by atoms with Crippen molar-refractivity contribution in [2.45, 2.75) is 30.7 Å². The summed E-state index contributed by atoms with van der Waals surface area (Å²) < 4.78 is 5.58. The summed E-state index contributed by atoms with van der Waals surface area (Å²) in [5.74, 6) is -0.157. The van der Waals surface area contributed by atoms with Crippen LogP contribution in [-0.2, 0) is 9.59 Å². The van der Waals surface area contributed by atoms with Gasteiger partial charge in [0.1, 0.15) is 11.8 Å². The number of carboxylic acid groups (broad SMARTS) is 1. The molecule has 6 heteroatoms. The summed E-state index contributed by atoms with van der Waals surface area (Å²) in [4.78, 5) is 25.8. The minimum Gasteiger partial charge on any atom is -0.493 e. The maximum absolute atomic E-state index is 12.9. The van der Waals surface area contributed by atoms with Gasteiger partial charge in [-0.05, 0) is 19.4 Å². The van der Waals surface area contributed by atoms with Gasteiger partial charge in [0, 0.05) is 11.3 Å². The van der Waals surface area contributed by atoms with Crippen LogP contribution in [0.25, 0.3) is 0 Å². The second kappa shape index (κ2) is 5.60. The van der Waals surface area contributed by atoms with Crippen LogP contribution in [0.2, 0.25) is 0 Å². The average molecular weight is 307 g/mol. The lowest BCUT2D eigenvalue weighted by Crippen LogP contribution is -2.47. The van der Waals surface area contributed by atoms with Gasteiger partial charge in [-0.25, -0.2) is 4.79 Å². The zero-order valence-corrected chi connectivity index (χ0v) is 12.5. The Morgan fingerprint density at radius 1 is 1.38 bits per heavy atom. The van der Waals surface area contributed by atoms with E-state index in [0.717, 1.165) is 11.3 Å². The number of thioether (sulfide) groups is 1. The predicted molar refractivity (Wildman–Crippen MR) is 79.5 cm³/mol. The van der Waals surface area contributed by atoms with Gasteiger partial charge in [0.05, 0.1) is 17.9 Å². The number of hydrogen-bond donors (Lipinski definition) is 1. The van der Waals surface area contributed by atoms with Crippen LogP contribution in [0.1, 0.15) is 24.8 Å². The molecule has 112 valence electrons. The Hall–Kier alpha value is -1.69. The van der Waals surface area contributed by atoms with Crippen LogP contribution in [0.3, 0.4) is 0 Å². The Morgan fingerprint density at radius 2 is 2.14 bits per heavy atom. The largest absolute Gasteiger partial charge is 0.493 e. The number of hydrogen-bond acceptors (Lipinski definition) is 4. The lowest BCUT2D eigenvalue weighted by molar-refractivity contribution is -0.149. The van der Waals surface area contributed by atoms with Crippen molar-refractivity contribution in [3.8, 4) is 5.75 Å². The van der Waals surface area contributed by atoms with E-state index in [4.69, 9.17) is 4.74 Å².